The van der Waals surface area contributed by atoms with Crippen molar-refractivity contribution in [1.29, 1.82) is 0 Å². The van der Waals surface area contributed by atoms with Crippen molar-refractivity contribution in [2.75, 3.05) is 42.9 Å². The lowest BCUT2D eigenvalue weighted by atomic mass is 9.81. The molecule has 0 atom stereocenters. The lowest BCUT2D eigenvalue weighted by Crippen LogP contribution is -2.49. The molecular formula is C19H28F3N3O. The Kier molecular flexibility index (Phi) is 5.67. The standard InChI is InChI=1S/C19H28F3N3O/c1-2-24-11-13-25(14-12-24)17-6-4-3-5-16(17)23-15-7-9-18(26,10-8-15)19(20,21)22/h3-6,15,23,26H,2,7-14H2,1H3. The van der Waals surface area contributed by atoms with Gasteiger partial charge < -0.3 is 20.2 Å². The van der Waals surface area contributed by atoms with Crippen molar-refractivity contribution >= 4 is 11.4 Å². The van der Waals surface area contributed by atoms with Crippen LogP contribution in [0.4, 0.5) is 24.5 Å². The van der Waals surface area contributed by atoms with Gasteiger partial charge in [-0.05, 0) is 44.4 Å². The molecule has 0 spiro atoms. The number of anilines is 2. The molecule has 0 bridgehead atoms. The molecule has 1 aromatic rings. The Morgan fingerprint density at radius 3 is 2.31 bits per heavy atom. The number of benzene rings is 1. The minimum atomic E-state index is -4.55. The van der Waals surface area contributed by atoms with Crippen molar-refractivity contribution in [1.82, 2.24) is 4.90 Å². The number of halogens is 3. The van der Waals surface area contributed by atoms with E-state index in [2.05, 4.69) is 28.1 Å². The first-order valence-electron chi connectivity index (χ1n) is 9.44. The van der Waals surface area contributed by atoms with Gasteiger partial charge in [-0.2, -0.15) is 13.2 Å². The van der Waals surface area contributed by atoms with Crippen LogP contribution in [-0.2, 0) is 0 Å². The fourth-order valence-corrected chi connectivity index (χ4v) is 3.92. The van der Waals surface area contributed by atoms with Gasteiger partial charge in [0.25, 0.3) is 0 Å². The average molecular weight is 371 g/mol. The monoisotopic (exact) mass is 371 g/mol. The molecule has 1 aliphatic heterocycles. The summed E-state index contributed by atoms with van der Waals surface area (Å²) in [6, 6.07) is 7.96. The normalized spacial score (nSPS) is 28.2. The topological polar surface area (TPSA) is 38.7 Å². The number of rotatable bonds is 4. The Labute approximate surface area is 153 Å². The average Bonchev–Trinajstić information content (AvgIpc) is 2.63. The summed E-state index contributed by atoms with van der Waals surface area (Å²) in [4.78, 5) is 4.75. The van der Waals surface area contributed by atoms with Gasteiger partial charge >= 0.3 is 6.18 Å². The van der Waals surface area contributed by atoms with Gasteiger partial charge in [-0.15, -0.1) is 0 Å². The zero-order chi connectivity index (χ0) is 18.8. The van der Waals surface area contributed by atoms with E-state index in [0.29, 0.717) is 12.8 Å². The van der Waals surface area contributed by atoms with Gasteiger partial charge in [-0.3, -0.25) is 0 Å². The van der Waals surface area contributed by atoms with Crippen LogP contribution in [-0.4, -0.2) is 60.5 Å². The maximum Gasteiger partial charge on any atom is 0.417 e. The largest absolute Gasteiger partial charge is 0.417 e. The number of aliphatic hydroxyl groups is 1. The van der Waals surface area contributed by atoms with Gasteiger partial charge in [0.2, 0.25) is 0 Å². The first-order chi connectivity index (χ1) is 12.3. The van der Waals surface area contributed by atoms with Crippen LogP contribution in [0.1, 0.15) is 32.6 Å². The summed E-state index contributed by atoms with van der Waals surface area (Å²) >= 11 is 0. The lowest BCUT2D eigenvalue weighted by molar-refractivity contribution is -0.269. The van der Waals surface area contributed by atoms with E-state index in [9.17, 15) is 18.3 Å². The highest BCUT2D eigenvalue weighted by Gasteiger charge is 2.54. The third kappa shape index (κ3) is 4.09. The van der Waals surface area contributed by atoms with Gasteiger partial charge in [0.15, 0.2) is 5.60 Å². The molecule has 1 saturated carbocycles. The smallest absolute Gasteiger partial charge is 0.381 e. The minimum absolute atomic E-state index is 0.0456. The molecule has 2 N–H and O–H groups in total. The molecule has 2 aliphatic rings. The van der Waals surface area contributed by atoms with Crippen molar-refractivity contribution in [2.24, 2.45) is 0 Å². The SMILES string of the molecule is CCN1CCN(c2ccccc2NC2CCC(O)(C(F)(F)F)CC2)CC1. The highest BCUT2D eigenvalue weighted by molar-refractivity contribution is 5.70. The van der Waals surface area contributed by atoms with E-state index >= 15 is 0 Å². The number of likely N-dealkylation sites (N-methyl/N-ethyl adjacent to an activating group) is 1. The maximum atomic E-state index is 13.0. The first kappa shape index (κ1) is 19.3. The van der Waals surface area contributed by atoms with E-state index in [4.69, 9.17) is 0 Å². The molecule has 4 nitrogen and oxygen atoms in total. The number of piperazine rings is 1. The van der Waals surface area contributed by atoms with E-state index in [0.717, 1.165) is 44.1 Å². The Bertz CT molecular complexity index is 592. The van der Waals surface area contributed by atoms with Crippen molar-refractivity contribution < 1.29 is 18.3 Å². The molecular weight excluding hydrogens is 343 g/mol. The molecule has 1 aromatic carbocycles. The van der Waals surface area contributed by atoms with Crippen LogP contribution < -0.4 is 10.2 Å². The summed E-state index contributed by atoms with van der Waals surface area (Å²) in [5.41, 5.74) is -0.443. The second kappa shape index (κ2) is 7.64. The van der Waals surface area contributed by atoms with Crippen molar-refractivity contribution in [3.05, 3.63) is 24.3 Å². The summed E-state index contributed by atoms with van der Waals surface area (Å²) in [5.74, 6) is 0. The van der Waals surface area contributed by atoms with Crippen LogP contribution in [0, 0.1) is 0 Å². The Morgan fingerprint density at radius 1 is 1.12 bits per heavy atom. The van der Waals surface area contributed by atoms with Crippen LogP contribution in [0.15, 0.2) is 24.3 Å². The van der Waals surface area contributed by atoms with Crippen LogP contribution in [0.25, 0.3) is 0 Å². The highest BCUT2D eigenvalue weighted by Crippen LogP contribution is 2.42. The molecule has 146 valence electrons. The van der Waals surface area contributed by atoms with E-state index in [1.165, 1.54) is 0 Å². The van der Waals surface area contributed by atoms with E-state index in [1.807, 2.05) is 18.2 Å². The van der Waals surface area contributed by atoms with Gasteiger partial charge in [0.05, 0.1) is 11.4 Å². The number of alkyl halides is 3. The molecule has 7 heteroatoms. The summed E-state index contributed by atoms with van der Waals surface area (Å²) in [5, 5.41) is 13.3. The second-order valence-electron chi connectivity index (χ2n) is 7.39. The van der Waals surface area contributed by atoms with Gasteiger partial charge in [0, 0.05) is 32.2 Å². The number of hydrogen-bond acceptors (Lipinski definition) is 4. The van der Waals surface area contributed by atoms with E-state index < -0.39 is 11.8 Å². The predicted molar refractivity (Wildman–Crippen MR) is 97.7 cm³/mol. The quantitative estimate of drug-likeness (QED) is 0.850. The van der Waals surface area contributed by atoms with Gasteiger partial charge in [0.1, 0.15) is 0 Å². The fourth-order valence-electron chi connectivity index (χ4n) is 3.92. The molecule has 0 unspecified atom stereocenters. The molecule has 3 rings (SSSR count). The zero-order valence-corrected chi connectivity index (χ0v) is 15.2. The Hall–Kier alpha value is -1.47. The molecule has 1 aliphatic carbocycles. The number of hydrogen-bond donors (Lipinski definition) is 2. The predicted octanol–water partition coefficient (Wildman–Crippen LogP) is 3.48. The molecule has 0 amide bonds. The first-order valence-corrected chi connectivity index (χ1v) is 9.44. The summed E-state index contributed by atoms with van der Waals surface area (Å²) in [7, 11) is 0. The summed E-state index contributed by atoms with van der Waals surface area (Å²) in [6.45, 7) is 7.16. The van der Waals surface area contributed by atoms with E-state index in [-0.39, 0.29) is 18.9 Å². The zero-order valence-electron chi connectivity index (χ0n) is 15.2. The minimum Gasteiger partial charge on any atom is -0.381 e. The molecule has 26 heavy (non-hydrogen) atoms. The molecule has 1 heterocycles. The Morgan fingerprint density at radius 2 is 1.73 bits per heavy atom. The van der Waals surface area contributed by atoms with Crippen molar-refractivity contribution in [2.45, 2.75) is 50.4 Å². The van der Waals surface area contributed by atoms with Gasteiger partial charge in [-0.25, -0.2) is 0 Å². The lowest BCUT2D eigenvalue weighted by Gasteiger charge is -2.39. The maximum absolute atomic E-state index is 13.0. The number of nitrogens with one attached hydrogen (secondary N) is 1. The molecule has 0 aromatic heterocycles. The third-order valence-electron chi connectivity index (χ3n) is 5.76. The van der Waals surface area contributed by atoms with Crippen molar-refractivity contribution in [3.8, 4) is 0 Å². The van der Waals surface area contributed by atoms with Crippen LogP contribution in [0.3, 0.4) is 0 Å². The molecule has 0 radical (unpaired) electrons. The fraction of sp³-hybridized carbons (Fsp3) is 0.684. The van der Waals surface area contributed by atoms with Crippen molar-refractivity contribution in [3.63, 3.8) is 0 Å². The summed E-state index contributed by atoms with van der Waals surface area (Å²) < 4.78 is 38.9. The summed E-state index contributed by atoms with van der Waals surface area (Å²) in [6.07, 6.45) is -4.41. The number of para-hydroxylation sites is 2. The second-order valence-corrected chi connectivity index (χ2v) is 7.39. The Balaban J connectivity index is 1.63. The van der Waals surface area contributed by atoms with Crippen LogP contribution in [0.5, 0.6) is 0 Å². The third-order valence-corrected chi connectivity index (χ3v) is 5.76. The molecule has 2 fully saturated rings. The van der Waals surface area contributed by atoms with Crippen LogP contribution >= 0.6 is 0 Å². The molecule has 1 saturated heterocycles. The van der Waals surface area contributed by atoms with E-state index in [1.54, 1.807) is 0 Å². The number of nitrogens with zero attached hydrogens (tertiary/aromatic N) is 2. The van der Waals surface area contributed by atoms with Gasteiger partial charge in [-0.1, -0.05) is 19.1 Å². The van der Waals surface area contributed by atoms with Crippen LogP contribution in [0.2, 0.25) is 0 Å². The highest BCUT2D eigenvalue weighted by atomic mass is 19.4.